The van der Waals surface area contributed by atoms with Crippen molar-refractivity contribution in [3.63, 3.8) is 0 Å². The van der Waals surface area contributed by atoms with E-state index in [4.69, 9.17) is 40.5 Å². The molecule has 1 aliphatic carbocycles. The van der Waals surface area contributed by atoms with Gasteiger partial charge in [-0.3, -0.25) is 0 Å². The minimum atomic E-state index is -1.76. The second-order valence-corrected chi connectivity index (χ2v) is 31.9. The van der Waals surface area contributed by atoms with E-state index in [1.165, 1.54) is 91.0 Å². The summed E-state index contributed by atoms with van der Waals surface area (Å²) in [6.45, 7) is 25.6. The average molecular weight is 10100 g/mol. The molecule has 68 heteroatoms. The Morgan fingerprint density at radius 1 is 0.545 bits per heavy atom. The van der Waals surface area contributed by atoms with Crippen molar-refractivity contribution in [3.05, 3.63) is 214 Å². The number of hydrogen-bond donors (Lipinski definition) is 3. The molecule has 4 heterocycles. The molecular weight excluding hydrogens is 10000 g/mol. The van der Waals surface area contributed by atoms with Crippen molar-refractivity contribution in [3.8, 4) is 23.6 Å². The van der Waals surface area contributed by atoms with Gasteiger partial charge in [0.25, 0.3) is 0 Å². The number of aliphatic hydroxyl groups is 2. The summed E-state index contributed by atoms with van der Waals surface area (Å²) in [4.78, 5) is 12.3. The Kier molecular flexibility index (Phi) is 357. The smallest absolute Gasteiger partial charge is 0.192 e. The molecule has 8 aromatic rings. The second-order valence-electron chi connectivity index (χ2n) is 27.0. The van der Waals surface area contributed by atoms with Gasteiger partial charge in [0.05, 0.1) is 61.4 Å². The predicted octanol–water partition coefficient (Wildman–Crippen LogP) is 16.0. The number of aromatic nitrogens is 5. The van der Waals surface area contributed by atoms with E-state index in [2.05, 4.69) is 99.1 Å². The van der Waals surface area contributed by atoms with E-state index in [1.54, 1.807) is 37.7 Å². The number of imidazole rings is 1. The number of nitriles is 2. The molecule has 143 heavy (non-hydrogen) atoms. The molecule has 3 atom stereocenters. The zero-order valence-corrected chi connectivity index (χ0v) is 218. The summed E-state index contributed by atoms with van der Waals surface area (Å²) in [6.07, 6.45) is 13.9. The number of para-hydroxylation sites is 1. The Morgan fingerprint density at radius 2 is 0.944 bits per heavy atom. The Morgan fingerprint density at radius 3 is 1.29 bits per heavy atom. The molecule has 2 aromatic heterocycles. The van der Waals surface area contributed by atoms with E-state index < -0.39 is 14.2 Å². The maximum absolute atomic E-state index is 13.4. The summed E-state index contributed by atoms with van der Waals surface area (Å²) in [5.41, 5.74) is 16.4. The maximum atomic E-state index is 13.4. The van der Waals surface area contributed by atoms with Gasteiger partial charge in [-0.05, 0) is 180 Å². The first kappa shape index (κ1) is 300. The van der Waals surface area contributed by atoms with Gasteiger partial charge in [-0.2, -0.15) is 10.5 Å². The standard InChI is InChI=1S/C26H27FN4O2.C15H26FNOSi.C10H20.C9H8FNO.C8H6FN.C7H7N3O.48W/c1-18-14-31(17-28-18)24-10-5-19(13-25(24)32-2)12-21-4-3-11-30-15-22(16-33-29-26(21)30)20-6-8-23(27)9-7-20;1-15(2,3)19(4,5)18-11-13(10-17)12-6-8-14(16)9-7-12;1-9(2)6-5-7-10(3,4)8-9;10-9-3-1-7(2-4-9)8(5-11)6-12;9-8-3-1-7(2-4-8)5-6-10;11-5-10-7-4-2-1-3-6(7)8-9-10;;;;;;;;;;;;;;;;;;;;;;;;;;;;;;;;;;;;;;;;;;;;;;;;/h5-10,12-14,17,22H,3-4,11,15-16H2,1-2H3;6-9,13H,10-11,17H2,1-5H3;5-8H2,1-4H3;1-4,8,12H,6H2;1-4H,5H2;1-4,11H,5H2;;;;;;;;;;;;;;;;;;;;;;;;;;;;;;;;;;;;;;;;;;;;;;;;/b21-12+;;;;;;;;;;;;;;;;;;;;;;;;;;;;;;;;;;;;;;;;;;;;;;;;;;;;;/t22-;;;;;;;;;;;;;;;;;;;;;;;;;;;;;;;;;;;;;;;;;;;;;;;;;;;;;/m1...................................................../s1. The number of piperidine rings is 1. The summed E-state index contributed by atoms with van der Waals surface area (Å²) in [7, 11) is -0.0761. The third-order valence-electron chi connectivity index (χ3n) is 17.3. The van der Waals surface area contributed by atoms with Gasteiger partial charge in [0.1, 0.15) is 47.9 Å². The third-order valence-corrected chi connectivity index (χ3v) is 21.8. The number of oxime groups is 1. The number of hydrogen-bond acceptors (Lipinski definition) is 13. The molecule has 1 saturated heterocycles. The molecule has 794 valence electrons. The summed E-state index contributed by atoms with van der Waals surface area (Å²) in [6, 6.07) is 42.3. The molecule has 2 unspecified atom stereocenters. The van der Waals surface area contributed by atoms with Crippen LogP contribution in [0.1, 0.15) is 138 Å². The molecule has 0 amide bonds. The van der Waals surface area contributed by atoms with Crippen LogP contribution in [0.25, 0.3) is 22.8 Å². The molecule has 2 aliphatic heterocycles. The minimum Gasteiger partial charge on any atom is -0.495 e. The number of amidine groups is 1. The molecule has 3 aliphatic rings. The zero-order chi connectivity index (χ0) is 69.3. The van der Waals surface area contributed by atoms with Gasteiger partial charge in [-0.25, -0.2) is 27.2 Å². The summed E-state index contributed by atoms with van der Waals surface area (Å²) in [5.74, 6) is 0.353. The Labute approximate surface area is 1540 Å². The van der Waals surface area contributed by atoms with Crippen molar-refractivity contribution in [1.82, 2.24) is 29.4 Å². The van der Waals surface area contributed by atoms with Gasteiger partial charge in [-0.15, -0.1) is 5.10 Å². The molecule has 1 saturated carbocycles. The fraction of sp³-hybridized carbons (Fsp3) is 0.413. The van der Waals surface area contributed by atoms with Crippen molar-refractivity contribution < 1.29 is 1050 Å². The Hall–Kier alpha value is 24.5. The number of fused-ring (bicyclic) bond motifs is 2. The number of nitrogens with two attached hydrogens (primary N) is 1. The van der Waals surface area contributed by atoms with Crippen LogP contribution in [0.2, 0.25) is 18.1 Å². The number of ether oxygens (including phenoxy) is 1. The van der Waals surface area contributed by atoms with Crippen molar-refractivity contribution in [2.45, 2.75) is 143 Å². The molecule has 0 radical (unpaired) electrons. The van der Waals surface area contributed by atoms with E-state index in [9.17, 15) is 17.6 Å². The van der Waals surface area contributed by atoms with Crippen molar-refractivity contribution in [2.24, 2.45) is 21.7 Å². The largest absolute Gasteiger partial charge is 0.495 e. The topological polar surface area (TPSA) is 206 Å². The molecule has 4 N–H and O–H groups in total. The maximum Gasteiger partial charge on any atom is 0.192 e. The van der Waals surface area contributed by atoms with Crippen LogP contribution >= 0.6 is 0 Å². The van der Waals surface area contributed by atoms with E-state index in [-0.39, 0.29) is 1060 Å². The fourth-order valence-corrected chi connectivity index (χ4v) is 12.3. The van der Waals surface area contributed by atoms with Crippen LogP contribution in [0.4, 0.5) is 17.6 Å². The average Bonchev–Trinajstić information content (AvgIpc) is 1.75. The number of nitrogens with zero attached hydrogens (tertiary/aromatic N) is 9. The number of aryl methyl sites for hydroxylation is 1. The number of rotatable bonds is 13. The first-order valence-electron chi connectivity index (χ1n) is 32.2. The van der Waals surface area contributed by atoms with Gasteiger partial charge in [-0.1, -0.05) is 132 Å². The monoisotopic (exact) mass is 10100 g/mol. The minimum absolute atomic E-state index is 0. The quantitative estimate of drug-likeness (QED) is 0.0728. The fourth-order valence-electron chi connectivity index (χ4n) is 11.2. The van der Waals surface area contributed by atoms with Crippen molar-refractivity contribution >= 4 is 31.3 Å². The van der Waals surface area contributed by atoms with Crippen LogP contribution in [0.3, 0.4) is 0 Å². The third kappa shape index (κ3) is 122. The molecular formula is C75H94F4N10O5SiW48. The van der Waals surface area contributed by atoms with E-state index in [0.717, 1.165) is 87.8 Å². The predicted molar refractivity (Wildman–Crippen MR) is 371 cm³/mol. The zero-order valence-electron chi connectivity index (χ0n) is 76.5. The number of halogens is 4. The van der Waals surface area contributed by atoms with E-state index in [1.807, 2.05) is 78.4 Å². The van der Waals surface area contributed by atoms with Crippen LogP contribution in [-0.2, 0) is 1030 Å². The molecule has 0 bridgehead atoms. The molecule has 15 nitrogen and oxygen atoms in total. The molecule has 11 rings (SSSR count). The van der Waals surface area contributed by atoms with Gasteiger partial charge in [0.2, 0.25) is 0 Å². The first-order chi connectivity index (χ1) is 45.2. The van der Waals surface area contributed by atoms with Crippen LogP contribution in [0, 0.1) is 63.7 Å². The van der Waals surface area contributed by atoms with E-state index in [0.29, 0.717) is 42.6 Å². The summed E-state index contributed by atoms with van der Waals surface area (Å²) >= 11 is 0. The van der Waals surface area contributed by atoms with Crippen molar-refractivity contribution in [2.75, 3.05) is 46.6 Å². The van der Waals surface area contributed by atoms with Crippen LogP contribution in [0.5, 0.6) is 5.75 Å². The van der Waals surface area contributed by atoms with Crippen LogP contribution < -0.4 is 10.5 Å². The molecule has 0 spiro atoms. The number of methoxy groups -OCH3 is 1. The van der Waals surface area contributed by atoms with Gasteiger partial charge in [0.15, 0.2) is 14.2 Å². The SMILES string of the molecule is CC(C)(C)[Si](C)(C)OCC(CN)c1ccc(F)cc1.CC1(C)CCCC(C)(C)C1.COc1cc(/C=C2\CCCN3C[C@@H](c4ccc(F)cc4)CON=C23)ccc1-n1cnc(C)c1.N#CC(CO)c1ccc(F)cc1.N#CCc1ccc(F)cc1.OCn1nnc2ccccc21.[W].[W].[W].[W].[W].[W].[W].[W].[W].[W].[W].[W].[W].[W].[W].[W].[W].[W].[W].[W].[W].[W].[W].[W].[W].[W].[W].[W].[W].[W].[W].[W].[W].[W].[W].[W].[W].[W].[W].[W].[W].[W].[W].[W].[W].[W].[W].[W]. The summed E-state index contributed by atoms with van der Waals surface area (Å²) < 4.78 is 66.2. The summed E-state index contributed by atoms with van der Waals surface area (Å²) in [5, 5.41) is 46.6. The van der Waals surface area contributed by atoms with Crippen LogP contribution in [-0.4, -0.2) is 100 Å². The van der Waals surface area contributed by atoms with Gasteiger partial charge >= 0.3 is 0 Å². The number of benzene rings is 6. The normalized spacial score (nSPS) is 11.0. The Bertz CT molecular complexity index is 3920. The number of aliphatic hydroxyl groups excluding tert-OH is 2. The van der Waals surface area contributed by atoms with Crippen molar-refractivity contribution in [1.29, 1.82) is 10.5 Å². The van der Waals surface area contributed by atoms with Gasteiger partial charge < -0.3 is 39.4 Å². The second kappa shape index (κ2) is 171. The Balaban J connectivity index is -0.0000000201. The first-order valence-corrected chi connectivity index (χ1v) is 35.1. The molecule has 2 fully saturated rings. The van der Waals surface area contributed by atoms with Crippen LogP contribution in [0.15, 0.2) is 163 Å². The van der Waals surface area contributed by atoms with E-state index >= 15 is 0 Å². The molecule has 6 aromatic carbocycles. The van der Waals surface area contributed by atoms with Gasteiger partial charge in [0, 0.05) is 1060 Å².